The average Bonchev–Trinajstić information content (AvgIpc) is 3.38. The number of anilines is 1. The Morgan fingerprint density at radius 2 is 2.00 bits per heavy atom. The van der Waals surface area contributed by atoms with Crippen LogP contribution in [0, 0.1) is 5.82 Å². The summed E-state index contributed by atoms with van der Waals surface area (Å²) in [7, 11) is 0. The molecule has 8 nitrogen and oxygen atoms in total. The molecule has 0 saturated carbocycles. The van der Waals surface area contributed by atoms with E-state index < -0.39 is 0 Å². The zero-order chi connectivity index (χ0) is 21.2. The first-order valence-corrected chi connectivity index (χ1v) is 10.9. The lowest BCUT2D eigenvalue weighted by Gasteiger charge is -2.29. The van der Waals surface area contributed by atoms with Crippen LogP contribution in [0.15, 0.2) is 42.5 Å². The van der Waals surface area contributed by atoms with Gasteiger partial charge in [0.1, 0.15) is 17.9 Å². The Labute approximate surface area is 181 Å². The Morgan fingerprint density at radius 3 is 2.87 bits per heavy atom. The summed E-state index contributed by atoms with van der Waals surface area (Å²) in [4.78, 5) is 21.9. The van der Waals surface area contributed by atoms with E-state index in [2.05, 4.69) is 20.2 Å². The molecule has 2 aromatic heterocycles. The van der Waals surface area contributed by atoms with Gasteiger partial charge < -0.3 is 4.74 Å². The molecule has 0 atom stereocenters. The predicted molar refractivity (Wildman–Crippen MR) is 117 cm³/mol. The van der Waals surface area contributed by atoms with Crippen LogP contribution < -0.4 is 4.90 Å². The number of nitrogens with zero attached hydrogens (tertiary/aromatic N) is 6. The van der Waals surface area contributed by atoms with Crippen molar-refractivity contribution < 1.29 is 13.9 Å². The molecular weight excluding hydrogens is 419 g/mol. The normalized spacial score (nSPS) is 15.0. The first-order valence-electron chi connectivity index (χ1n) is 10.1. The number of hydrogen-bond donors (Lipinski definition) is 0. The summed E-state index contributed by atoms with van der Waals surface area (Å²) in [6.07, 6.45) is 0. The van der Waals surface area contributed by atoms with Crippen molar-refractivity contribution in [2.24, 2.45) is 0 Å². The second-order valence-corrected chi connectivity index (χ2v) is 8.35. The summed E-state index contributed by atoms with van der Waals surface area (Å²) in [6.45, 7) is 4.29. The van der Waals surface area contributed by atoms with Gasteiger partial charge in [-0.15, -0.1) is 5.10 Å². The number of benzene rings is 2. The SMILES string of the molecule is O=C(Cn1nnc2ccccc21)N(CCN1CCOCC1)c1nc2ccc(F)cc2s1. The van der Waals surface area contributed by atoms with Crippen molar-refractivity contribution in [3.05, 3.63) is 48.3 Å². The summed E-state index contributed by atoms with van der Waals surface area (Å²) in [6, 6.07) is 12.0. The van der Waals surface area contributed by atoms with Crippen LogP contribution in [-0.2, 0) is 16.1 Å². The maximum absolute atomic E-state index is 13.7. The Hall–Kier alpha value is -2.95. The minimum atomic E-state index is -0.317. The van der Waals surface area contributed by atoms with Crippen molar-refractivity contribution in [1.82, 2.24) is 24.9 Å². The van der Waals surface area contributed by atoms with Gasteiger partial charge in [0.25, 0.3) is 5.91 Å². The number of rotatable bonds is 6. The molecule has 0 N–H and O–H groups in total. The van der Waals surface area contributed by atoms with Gasteiger partial charge in [-0.2, -0.15) is 0 Å². The molecule has 10 heteroatoms. The predicted octanol–water partition coefficient (Wildman–Crippen LogP) is 2.55. The highest BCUT2D eigenvalue weighted by Gasteiger charge is 2.23. The first-order chi connectivity index (χ1) is 15.2. The van der Waals surface area contributed by atoms with Crippen molar-refractivity contribution in [3.8, 4) is 0 Å². The zero-order valence-corrected chi connectivity index (χ0v) is 17.6. The molecule has 160 valence electrons. The number of halogens is 1. The van der Waals surface area contributed by atoms with Crippen LogP contribution in [0.25, 0.3) is 21.3 Å². The largest absolute Gasteiger partial charge is 0.379 e. The van der Waals surface area contributed by atoms with Crippen molar-refractivity contribution in [3.63, 3.8) is 0 Å². The van der Waals surface area contributed by atoms with E-state index in [1.54, 1.807) is 15.6 Å². The van der Waals surface area contributed by atoms with E-state index in [-0.39, 0.29) is 18.3 Å². The van der Waals surface area contributed by atoms with E-state index in [4.69, 9.17) is 4.74 Å². The van der Waals surface area contributed by atoms with Crippen molar-refractivity contribution in [1.29, 1.82) is 0 Å². The molecule has 0 radical (unpaired) electrons. The zero-order valence-electron chi connectivity index (χ0n) is 16.8. The molecule has 0 unspecified atom stereocenters. The first kappa shape index (κ1) is 20.0. The summed E-state index contributed by atoms with van der Waals surface area (Å²) < 4.78 is 21.4. The van der Waals surface area contributed by atoms with E-state index in [1.807, 2.05) is 24.3 Å². The standard InChI is InChI=1S/C21H21FN6O2S/c22-15-5-6-17-19(13-15)31-21(23-17)27(8-7-26-9-11-30-12-10-26)20(29)14-28-18-4-2-1-3-16(18)24-25-28/h1-6,13H,7-12,14H2. The molecule has 1 aliphatic heterocycles. The molecule has 5 rings (SSSR count). The molecule has 2 aromatic carbocycles. The van der Waals surface area contributed by atoms with Gasteiger partial charge in [0.05, 0.1) is 28.9 Å². The highest BCUT2D eigenvalue weighted by Crippen LogP contribution is 2.29. The van der Waals surface area contributed by atoms with Crippen molar-refractivity contribution in [2.75, 3.05) is 44.3 Å². The van der Waals surface area contributed by atoms with Gasteiger partial charge in [0, 0.05) is 26.2 Å². The maximum Gasteiger partial charge on any atom is 0.250 e. The van der Waals surface area contributed by atoms with Crippen LogP contribution in [0.5, 0.6) is 0 Å². The molecule has 3 heterocycles. The van der Waals surface area contributed by atoms with Crippen molar-refractivity contribution in [2.45, 2.75) is 6.54 Å². The smallest absolute Gasteiger partial charge is 0.250 e. The molecule has 0 bridgehead atoms. The van der Waals surface area contributed by atoms with Crippen LogP contribution >= 0.6 is 11.3 Å². The second-order valence-electron chi connectivity index (χ2n) is 7.34. The van der Waals surface area contributed by atoms with E-state index in [9.17, 15) is 9.18 Å². The quantitative estimate of drug-likeness (QED) is 0.459. The van der Waals surface area contributed by atoms with E-state index >= 15 is 0 Å². The minimum absolute atomic E-state index is 0.0495. The fourth-order valence-corrected chi connectivity index (χ4v) is 4.68. The number of carbonyl (C=O) groups is 1. The summed E-state index contributed by atoms with van der Waals surface area (Å²) in [5.74, 6) is -0.452. The van der Waals surface area contributed by atoms with Crippen LogP contribution in [0.1, 0.15) is 0 Å². The number of morpholine rings is 1. The maximum atomic E-state index is 13.7. The molecule has 0 aliphatic carbocycles. The van der Waals surface area contributed by atoms with Crippen LogP contribution in [0.3, 0.4) is 0 Å². The Kier molecular flexibility index (Phi) is 5.58. The number of hydrogen-bond acceptors (Lipinski definition) is 7. The van der Waals surface area contributed by atoms with Gasteiger partial charge in [-0.25, -0.2) is 14.1 Å². The second kappa shape index (κ2) is 8.66. The topological polar surface area (TPSA) is 76.4 Å². The van der Waals surface area contributed by atoms with E-state index in [0.29, 0.717) is 41.7 Å². The molecule has 1 saturated heterocycles. The van der Waals surface area contributed by atoms with Gasteiger partial charge in [-0.05, 0) is 30.3 Å². The number of fused-ring (bicyclic) bond motifs is 2. The van der Waals surface area contributed by atoms with Crippen LogP contribution in [0.4, 0.5) is 9.52 Å². The lowest BCUT2D eigenvalue weighted by molar-refractivity contribution is -0.119. The molecule has 4 aromatic rings. The summed E-state index contributed by atoms with van der Waals surface area (Å²) in [5.41, 5.74) is 2.22. The molecular formula is C21H21FN6O2S. The average molecular weight is 441 g/mol. The van der Waals surface area contributed by atoms with Crippen LogP contribution in [-0.4, -0.2) is 70.2 Å². The van der Waals surface area contributed by atoms with E-state index in [0.717, 1.165) is 24.1 Å². The van der Waals surface area contributed by atoms with Gasteiger partial charge in [-0.3, -0.25) is 14.6 Å². The molecule has 31 heavy (non-hydrogen) atoms. The van der Waals surface area contributed by atoms with Crippen molar-refractivity contribution >= 4 is 43.6 Å². The number of ether oxygens (including phenoxy) is 1. The molecule has 1 aliphatic rings. The molecule has 1 fully saturated rings. The number of aromatic nitrogens is 4. The van der Waals surface area contributed by atoms with E-state index in [1.165, 1.54) is 23.5 Å². The van der Waals surface area contributed by atoms with Gasteiger partial charge >= 0.3 is 0 Å². The highest BCUT2D eigenvalue weighted by molar-refractivity contribution is 7.22. The number of thiazole rings is 1. The Morgan fingerprint density at radius 1 is 1.16 bits per heavy atom. The molecule has 1 amide bonds. The third kappa shape index (κ3) is 4.27. The Balaban J connectivity index is 1.42. The fourth-order valence-electron chi connectivity index (χ4n) is 3.64. The lowest BCUT2D eigenvalue weighted by Crippen LogP contribution is -2.44. The fraction of sp³-hybridized carbons (Fsp3) is 0.333. The lowest BCUT2D eigenvalue weighted by atomic mass is 10.3. The van der Waals surface area contributed by atoms with Crippen LogP contribution in [0.2, 0.25) is 0 Å². The third-order valence-corrected chi connectivity index (χ3v) is 6.36. The summed E-state index contributed by atoms with van der Waals surface area (Å²) in [5, 5.41) is 8.83. The summed E-state index contributed by atoms with van der Waals surface area (Å²) >= 11 is 1.32. The highest BCUT2D eigenvalue weighted by atomic mass is 32.1. The van der Waals surface area contributed by atoms with Gasteiger partial charge in [0.2, 0.25) is 0 Å². The molecule has 0 spiro atoms. The number of amides is 1. The third-order valence-electron chi connectivity index (χ3n) is 5.32. The van der Waals surface area contributed by atoms with Gasteiger partial charge in [-0.1, -0.05) is 28.7 Å². The number of para-hydroxylation sites is 1. The monoisotopic (exact) mass is 440 g/mol. The Bertz CT molecular complexity index is 1220. The number of carbonyl (C=O) groups excluding carboxylic acids is 1. The minimum Gasteiger partial charge on any atom is -0.379 e. The van der Waals surface area contributed by atoms with Gasteiger partial charge in [0.15, 0.2) is 5.13 Å².